The average molecular weight is 520 g/mol. The Balaban J connectivity index is 1.56. The predicted octanol–water partition coefficient (Wildman–Crippen LogP) is 3.84. The Morgan fingerprint density at radius 3 is 0.872 bits per heavy atom. The summed E-state index contributed by atoms with van der Waals surface area (Å²) in [6.07, 6.45) is 0. The Kier molecular flexibility index (Phi) is 5.11. The van der Waals surface area contributed by atoms with Gasteiger partial charge in [-0.05, 0) is 72.8 Å². The van der Waals surface area contributed by atoms with E-state index in [1.165, 1.54) is 0 Å². The standard InChI is InChI=1S/C27H21N9O3/c1-37-19-10-4-16(5-11-19)22-28-31-25-34(22)26-32-29-23(17-6-12-20(38-2)13-7-17)36(26)27-33-30-24(35(25)27)18-8-14-21(39-3)15-9-18/h4-15H,1-3H3. The summed E-state index contributed by atoms with van der Waals surface area (Å²) in [5.41, 5.74) is 2.49. The van der Waals surface area contributed by atoms with Crippen molar-refractivity contribution in [3.8, 4) is 51.4 Å². The van der Waals surface area contributed by atoms with Gasteiger partial charge in [0.15, 0.2) is 17.5 Å². The Morgan fingerprint density at radius 1 is 0.385 bits per heavy atom. The number of methoxy groups -OCH3 is 3. The van der Waals surface area contributed by atoms with Crippen molar-refractivity contribution in [3.05, 3.63) is 72.8 Å². The number of aromatic nitrogens is 9. The van der Waals surface area contributed by atoms with Crippen LogP contribution in [0.25, 0.3) is 51.5 Å². The fraction of sp³-hybridized carbons (Fsp3) is 0.111. The van der Waals surface area contributed by atoms with Crippen molar-refractivity contribution in [1.82, 2.24) is 43.8 Å². The van der Waals surface area contributed by atoms with E-state index < -0.39 is 0 Å². The Labute approximate surface area is 221 Å². The quantitative estimate of drug-likeness (QED) is 0.323. The maximum Gasteiger partial charge on any atom is 0.247 e. The first-order chi connectivity index (χ1) is 19.2. The molecule has 7 rings (SSSR count). The number of ether oxygens (including phenoxy) is 3. The SMILES string of the molecule is COc1ccc(-c2nnc3n2c2nnc(-c4ccc(OC)cc4)n2c2nnc(-c4ccc(OC)cc4)n32)cc1. The third-order valence-corrected chi connectivity index (χ3v) is 6.58. The van der Waals surface area contributed by atoms with Gasteiger partial charge in [-0.25, -0.2) is 13.2 Å². The predicted molar refractivity (Wildman–Crippen MR) is 142 cm³/mol. The van der Waals surface area contributed by atoms with Gasteiger partial charge in [-0.2, -0.15) is 0 Å². The van der Waals surface area contributed by atoms with E-state index >= 15 is 0 Å². The van der Waals surface area contributed by atoms with Crippen molar-refractivity contribution in [3.63, 3.8) is 0 Å². The van der Waals surface area contributed by atoms with Gasteiger partial charge in [-0.1, -0.05) is 0 Å². The number of hydrogen-bond acceptors (Lipinski definition) is 9. The molecule has 0 aliphatic rings. The highest BCUT2D eigenvalue weighted by Crippen LogP contribution is 2.30. The molecule has 0 spiro atoms. The summed E-state index contributed by atoms with van der Waals surface area (Å²) >= 11 is 0. The molecule has 12 nitrogen and oxygen atoms in total. The van der Waals surface area contributed by atoms with Crippen LogP contribution in [-0.2, 0) is 0 Å². The summed E-state index contributed by atoms with van der Waals surface area (Å²) in [6.45, 7) is 0. The molecule has 12 heteroatoms. The Bertz CT molecular complexity index is 1700. The third kappa shape index (κ3) is 3.45. The van der Waals surface area contributed by atoms with Crippen molar-refractivity contribution < 1.29 is 14.2 Å². The lowest BCUT2D eigenvalue weighted by Gasteiger charge is -2.08. The van der Waals surface area contributed by atoms with Crippen LogP contribution in [0.15, 0.2) is 72.8 Å². The molecule has 4 heterocycles. The zero-order valence-corrected chi connectivity index (χ0v) is 21.2. The van der Waals surface area contributed by atoms with E-state index in [-0.39, 0.29) is 0 Å². The monoisotopic (exact) mass is 519 g/mol. The molecule has 39 heavy (non-hydrogen) atoms. The molecule has 0 unspecified atom stereocenters. The van der Waals surface area contributed by atoms with E-state index in [9.17, 15) is 0 Å². The van der Waals surface area contributed by atoms with Crippen LogP contribution in [0.1, 0.15) is 0 Å². The molecule has 0 radical (unpaired) electrons. The molecule has 0 N–H and O–H groups in total. The van der Waals surface area contributed by atoms with Crippen molar-refractivity contribution in [2.24, 2.45) is 0 Å². The first-order valence-electron chi connectivity index (χ1n) is 12.0. The van der Waals surface area contributed by atoms with Crippen LogP contribution in [0.5, 0.6) is 17.2 Å². The van der Waals surface area contributed by atoms with Gasteiger partial charge in [-0.3, -0.25) is 0 Å². The van der Waals surface area contributed by atoms with Gasteiger partial charge in [-0.15, -0.1) is 30.6 Å². The van der Waals surface area contributed by atoms with Gasteiger partial charge in [0.2, 0.25) is 17.3 Å². The number of rotatable bonds is 6. The molecule has 4 aromatic heterocycles. The second-order valence-corrected chi connectivity index (χ2v) is 8.66. The minimum Gasteiger partial charge on any atom is -0.497 e. The highest BCUT2D eigenvalue weighted by Gasteiger charge is 2.24. The molecular formula is C27H21N9O3. The Morgan fingerprint density at radius 2 is 0.641 bits per heavy atom. The van der Waals surface area contributed by atoms with Gasteiger partial charge in [0.25, 0.3) is 0 Å². The van der Waals surface area contributed by atoms with E-state index in [1.54, 1.807) is 21.3 Å². The zero-order chi connectivity index (χ0) is 26.5. The molecule has 0 saturated heterocycles. The maximum absolute atomic E-state index is 5.33. The minimum absolute atomic E-state index is 0.493. The summed E-state index contributed by atoms with van der Waals surface area (Å²) in [6, 6.07) is 22.8. The normalized spacial score (nSPS) is 11.5. The van der Waals surface area contributed by atoms with Gasteiger partial charge in [0.1, 0.15) is 17.2 Å². The summed E-state index contributed by atoms with van der Waals surface area (Å²) in [5.74, 6) is 5.46. The zero-order valence-electron chi connectivity index (χ0n) is 21.2. The smallest absolute Gasteiger partial charge is 0.247 e. The molecule has 0 bridgehead atoms. The minimum atomic E-state index is 0.493. The Hall–Kier alpha value is -5.52. The van der Waals surface area contributed by atoms with Gasteiger partial charge in [0.05, 0.1) is 21.3 Å². The van der Waals surface area contributed by atoms with E-state index in [0.717, 1.165) is 33.9 Å². The average Bonchev–Trinajstić information content (AvgIpc) is 3.74. The topological polar surface area (TPSA) is 118 Å². The molecule has 0 fully saturated rings. The molecule has 192 valence electrons. The van der Waals surface area contributed by atoms with Gasteiger partial charge >= 0.3 is 0 Å². The highest BCUT2D eigenvalue weighted by atomic mass is 16.5. The molecule has 7 aromatic rings. The lowest BCUT2D eigenvalue weighted by Crippen LogP contribution is -2.07. The van der Waals surface area contributed by atoms with Crippen molar-refractivity contribution in [1.29, 1.82) is 0 Å². The molecule has 0 aliphatic carbocycles. The number of benzene rings is 3. The summed E-state index contributed by atoms with van der Waals surface area (Å²) in [5, 5.41) is 27.3. The van der Waals surface area contributed by atoms with E-state index in [0.29, 0.717) is 34.8 Å². The largest absolute Gasteiger partial charge is 0.497 e. The maximum atomic E-state index is 5.33. The molecule has 0 saturated carbocycles. The van der Waals surface area contributed by atoms with Crippen LogP contribution >= 0.6 is 0 Å². The first-order valence-corrected chi connectivity index (χ1v) is 12.0. The molecular weight excluding hydrogens is 498 g/mol. The van der Waals surface area contributed by atoms with Crippen molar-refractivity contribution >= 4 is 17.3 Å². The van der Waals surface area contributed by atoms with Crippen LogP contribution in [0.3, 0.4) is 0 Å². The van der Waals surface area contributed by atoms with Gasteiger partial charge < -0.3 is 14.2 Å². The van der Waals surface area contributed by atoms with Crippen molar-refractivity contribution in [2.45, 2.75) is 0 Å². The lowest BCUT2D eigenvalue weighted by molar-refractivity contribution is 0.414. The third-order valence-electron chi connectivity index (χ3n) is 6.58. The van der Waals surface area contributed by atoms with Crippen molar-refractivity contribution in [2.75, 3.05) is 21.3 Å². The summed E-state index contributed by atoms with van der Waals surface area (Å²) in [4.78, 5) is 0. The summed E-state index contributed by atoms with van der Waals surface area (Å²) in [7, 11) is 4.89. The van der Waals surface area contributed by atoms with Crippen LogP contribution in [0.2, 0.25) is 0 Å². The van der Waals surface area contributed by atoms with E-state index in [2.05, 4.69) is 30.6 Å². The van der Waals surface area contributed by atoms with Crippen LogP contribution in [-0.4, -0.2) is 65.1 Å². The van der Waals surface area contributed by atoms with Gasteiger partial charge in [0, 0.05) is 16.7 Å². The van der Waals surface area contributed by atoms with Crippen LogP contribution in [0.4, 0.5) is 0 Å². The van der Waals surface area contributed by atoms with Crippen LogP contribution < -0.4 is 14.2 Å². The van der Waals surface area contributed by atoms with E-state index in [1.807, 2.05) is 86.0 Å². The highest BCUT2D eigenvalue weighted by molar-refractivity contribution is 5.72. The molecule has 0 aliphatic heterocycles. The fourth-order valence-electron chi connectivity index (χ4n) is 4.60. The lowest BCUT2D eigenvalue weighted by atomic mass is 10.2. The fourth-order valence-corrected chi connectivity index (χ4v) is 4.60. The number of fused-ring (bicyclic) bond motifs is 6. The molecule has 0 amide bonds. The first kappa shape index (κ1) is 22.7. The van der Waals surface area contributed by atoms with E-state index in [4.69, 9.17) is 14.2 Å². The number of hydrogen-bond donors (Lipinski definition) is 0. The molecule has 0 atom stereocenters. The molecule has 3 aromatic carbocycles. The second kappa shape index (κ2) is 8.80. The summed E-state index contributed by atoms with van der Waals surface area (Å²) < 4.78 is 21.6. The van der Waals surface area contributed by atoms with Crippen LogP contribution in [0, 0.1) is 0 Å². The second-order valence-electron chi connectivity index (χ2n) is 8.66. The number of nitrogens with zero attached hydrogens (tertiary/aromatic N) is 9.